The molecule has 5 aliphatic rings. The number of cyclic esters (lactones) is 1. The predicted octanol–water partition coefficient (Wildman–Crippen LogP) is 2.30. The first kappa shape index (κ1) is 35.3. The summed E-state index contributed by atoms with van der Waals surface area (Å²) in [6, 6.07) is 1.62. The van der Waals surface area contributed by atoms with Crippen molar-refractivity contribution in [2.24, 2.45) is 34.0 Å². The number of carbonyl (C=O) groups is 5. The van der Waals surface area contributed by atoms with Gasteiger partial charge in [-0.05, 0) is 31.2 Å². The van der Waals surface area contributed by atoms with Gasteiger partial charge < -0.3 is 43.4 Å². The van der Waals surface area contributed by atoms with Gasteiger partial charge in [0.25, 0.3) is 0 Å². The van der Waals surface area contributed by atoms with Crippen LogP contribution in [0, 0.1) is 34.0 Å². The van der Waals surface area contributed by atoms with E-state index >= 15 is 0 Å². The molecule has 12 unspecified atom stereocenters. The van der Waals surface area contributed by atoms with Crippen molar-refractivity contribution in [2.75, 3.05) is 7.11 Å². The van der Waals surface area contributed by atoms with Crippen molar-refractivity contribution in [3.8, 4) is 0 Å². The fourth-order valence-electron chi connectivity index (χ4n) is 11.3. The van der Waals surface area contributed by atoms with Crippen molar-refractivity contribution in [1.82, 2.24) is 0 Å². The molecule has 1 saturated heterocycles. The first-order valence-corrected chi connectivity index (χ1v) is 16.7. The molecule has 0 spiro atoms. The Hall–Kier alpha value is -3.49. The lowest BCUT2D eigenvalue weighted by molar-refractivity contribution is -0.439. The Morgan fingerprint density at radius 3 is 2.18 bits per heavy atom. The topological polar surface area (TPSA) is 205 Å². The van der Waals surface area contributed by atoms with E-state index in [0.29, 0.717) is 5.56 Å². The maximum Gasteiger partial charge on any atom is 0.308 e. The van der Waals surface area contributed by atoms with Gasteiger partial charge in [-0.15, -0.1) is 0 Å². The molecule has 6 rings (SSSR count). The third-order valence-electron chi connectivity index (χ3n) is 13.3. The molecule has 14 heteroatoms. The fourth-order valence-corrected chi connectivity index (χ4v) is 11.3. The quantitative estimate of drug-likeness (QED) is 0.278. The van der Waals surface area contributed by atoms with E-state index in [2.05, 4.69) is 0 Å². The minimum atomic E-state index is -2.69. The van der Waals surface area contributed by atoms with Crippen LogP contribution < -0.4 is 0 Å². The van der Waals surface area contributed by atoms with Gasteiger partial charge in [0, 0.05) is 48.0 Å². The van der Waals surface area contributed by atoms with Gasteiger partial charge in [0.15, 0.2) is 12.2 Å². The molecule has 1 aromatic rings. The van der Waals surface area contributed by atoms with E-state index in [1.54, 1.807) is 19.9 Å². The molecule has 2 heterocycles. The molecule has 0 radical (unpaired) electrons. The molecule has 4 aliphatic carbocycles. The summed E-state index contributed by atoms with van der Waals surface area (Å²) in [5.41, 5.74) is -14.0. The van der Waals surface area contributed by atoms with Gasteiger partial charge in [-0.25, -0.2) is 0 Å². The van der Waals surface area contributed by atoms with Crippen LogP contribution in [0.25, 0.3) is 0 Å². The van der Waals surface area contributed by atoms with Gasteiger partial charge >= 0.3 is 29.8 Å². The van der Waals surface area contributed by atoms with Gasteiger partial charge in [-0.3, -0.25) is 24.0 Å². The highest BCUT2D eigenvalue weighted by Gasteiger charge is 2.99. The van der Waals surface area contributed by atoms with Gasteiger partial charge in [0.1, 0.15) is 22.9 Å². The monoisotopic (exact) mass is 690 g/mol. The maximum absolute atomic E-state index is 13.8. The van der Waals surface area contributed by atoms with Gasteiger partial charge in [0.2, 0.25) is 5.60 Å². The second-order valence-corrected chi connectivity index (χ2v) is 15.8. The summed E-state index contributed by atoms with van der Waals surface area (Å²) in [5, 5.41) is 40.6. The van der Waals surface area contributed by atoms with Crippen molar-refractivity contribution < 1.29 is 67.4 Å². The first-order valence-electron chi connectivity index (χ1n) is 16.7. The number of methoxy groups -OCH3 is 1. The SMILES string of the molecule is COC(=O)CC1C2(C)CC3(O)C(OC(C)=O)(C2OC(C)=O)C(OC(=O)C(C)C)C2(O)C4CC(=O)OC(c5ccoc5)C4(C)CCC2(O)C13C. The Balaban J connectivity index is 1.73. The smallest absolute Gasteiger partial charge is 0.308 e. The van der Waals surface area contributed by atoms with E-state index in [9.17, 15) is 39.3 Å². The molecule has 0 aromatic carbocycles. The molecule has 1 aromatic heterocycles. The standard InChI is InChI=1S/C35H46O14/c1-17(2)26(40)48-28-34(43)22-14-24(39)47-25(20-9-12-45-15-20)29(22,5)10-11-32(34,41)31(7)21(13-23(38)44-8)30(6)16-33(31,42)35(28,49-19(4)37)27(30)46-18(3)36/h9,12,15,17,21-22,25,27-28,41-43H,10-11,13-14,16H2,1-8H3. The largest absolute Gasteiger partial charge is 0.472 e. The number of hydrogen-bond acceptors (Lipinski definition) is 14. The third-order valence-corrected chi connectivity index (χ3v) is 13.3. The summed E-state index contributed by atoms with van der Waals surface area (Å²) in [6.07, 6.45) is -3.14. The van der Waals surface area contributed by atoms with Crippen LogP contribution in [0.1, 0.15) is 92.2 Å². The fraction of sp³-hybridized carbons (Fsp3) is 0.743. The molecular weight excluding hydrogens is 644 g/mol. The Labute approximate surface area is 283 Å². The molecule has 49 heavy (non-hydrogen) atoms. The summed E-state index contributed by atoms with van der Waals surface area (Å²) < 4.78 is 34.6. The van der Waals surface area contributed by atoms with E-state index < -0.39 is 117 Å². The zero-order valence-corrected chi connectivity index (χ0v) is 29.1. The van der Waals surface area contributed by atoms with Crippen LogP contribution in [0.4, 0.5) is 0 Å². The molecule has 5 fully saturated rings. The van der Waals surface area contributed by atoms with Crippen LogP contribution in [-0.4, -0.2) is 86.9 Å². The number of ether oxygens (including phenoxy) is 5. The lowest BCUT2D eigenvalue weighted by atomic mass is 9.33. The Kier molecular flexibility index (Phi) is 7.76. The van der Waals surface area contributed by atoms with Crippen molar-refractivity contribution in [3.63, 3.8) is 0 Å². The average Bonchev–Trinajstić information content (AvgIpc) is 3.66. The minimum Gasteiger partial charge on any atom is -0.472 e. The van der Waals surface area contributed by atoms with E-state index in [0.717, 1.165) is 13.8 Å². The van der Waals surface area contributed by atoms with E-state index in [1.807, 2.05) is 0 Å². The van der Waals surface area contributed by atoms with Crippen molar-refractivity contribution in [2.45, 2.75) is 121 Å². The van der Waals surface area contributed by atoms with Crippen molar-refractivity contribution >= 4 is 29.8 Å². The van der Waals surface area contributed by atoms with Crippen LogP contribution in [0.5, 0.6) is 0 Å². The average molecular weight is 691 g/mol. The Bertz CT molecular complexity index is 1590. The van der Waals surface area contributed by atoms with Crippen LogP contribution in [0.15, 0.2) is 23.0 Å². The van der Waals surface area contributed by atoms with Gasteiger partial charge in [0.05, 0.1) is 32.0 Å². The minimum absolute atomic E-state index is 0.131. The molecule has 3 N–H and O–H groups in total. The summed E-state index contributed by atoms with van der Waals surface area (Å²) in [5.74, 6) is -7.28. The highest BCUT2D eigenvalue weighted by molar-refractivity contribution is 5.75. The summed E-state index contributed by atoms with van der Waals surface area (Å²) >= 11 is 0. The molecule has 0 amide bonds. The summed E-state index contributed by atoms with van der Waals surface area (Å²) in [6.45, 7) is 10.2. The van der Waals surface area contributed by atoms with Crippen LogP contribution in [0.2, 0.25) is 0 Å². The number of hydrogen-bond donors (Lipinski definition) is 3. The van der Waals surface area contributed by atoms with Gasteiger partial charge in [-0.2, -0.15) is 0 Å². The molecule has 2 bridgehead atoms. The van der Waals surface area contributed by atoms with E-state index in [-0.39, 0.29) is 19.3 Å². The predicted molar refractivity (Wildman–Crippen MR) is 164 cm³/mol. The maximum atomic E-state index is 13.8. The third kappa shape index (κ3) is 4.02. The number of rotatable bonds is 7. The summed E-state index contributed by atoms with van der Waals surface area (Å²) in [4.78, 5) is 66.6. The number of furan rings is 1. The first-order chi connectivity index (χ1) is 22.7. The van der Waals surface area contributed by atoms with E-state index in [1.165, 1.54) is 40.4 Å². The molecule has 270 valence electrons. The Morgan fingerprint density at radius 1 is 0.959 bits per heavy atom. The molecule has 12 atom stereocenters. The Morgan fingerprint density at radius 2 is 1.63 bits per heavy atom. The summed E-state index contributed by atoms with van der Waals surface area (Å²) in [7, 11) is 1.19. The highest BCUT2D eigenvalue weighted by Crippen LogP contribution is 2.84. The zero-order valence-electron chi connectivity index (χ0n) is 29.1. The second-order valence-electron chi connectivity index (χ2n) is 15.8. The molecule has 1 aliphatic heterocycles. The lowest BCUT2D eigenvalue weighted by Crippen LogP contribution is -2.94. The second kappa shape index (κ2) is 10.8. The van der Waals surface area contributed by atoms with E-state index in [4.69, 9.17) is 28.1 Å². The number of aliphatic hydroxyl groups is 3. The molecular formula is C35H46O14. The molecule has 14 nitrogen and oxygen atoms in total. The number of fused-ring (bicyclic) bond motifs is 5. The lowest BCUT2D eigenvalue weighted by Gasteiger charge is -2.76. The van der Waals surface area contributed by atoms with Crippen molar-refractivity contribution in [3.05, 3.63) is 24.2 Å². The van der Waals surface area contributed by atoms with Crippen LogP contribution in [-0.2, 0) is 47.7 Å². The molecule has 4 saturated carbocycles. The van der Waals surface area contributed by atoms with Crippen LogP contribution in [0.3, 0.4) is 0 Å². The van der Waals surface area contributed by atoms with Gasteiger partial charge in [-0.1, -0.05) is 34.6 Å². The van der Waals surface area contributed by atoms with Crippen molar-refractivity contribution in [1.29, 1.82) is 0 Å². The van der Waals surface area contributed by atoms with Crippen LogP contribution >= 0.6 is 0 Å². The zero-order chi connectivity index (χ0) is 36.3. The highest BCUT2D eigenvalue weighted by atomic mass is 16.6. The normalized spacial score (nSPS) is 46.3. The number of esters is 5. The number of carbonyl (C=O) groups excluding carboxylic acids is 5.